The highest BCUT2D eigenvalue weighted by atomic mass is 32.1. The van der Waals surface area contributed by atoms with Crippen LogP contribution in [-0.2, 0) is 0 Å². The van der Waals surface area contributed by atoms with E-state index >= 15 is 0 Å². The van der Waals surface area contributed by atoms with Crippen molar-refractivity contribution in [1.82, 2.24) is 9.55 Å². The molecule has 0 aliphatic rings. The minimum absolute atomic E-state index is 0.0219. The smallest absolute Gasteiger partial charge is 0.150 e. The summed E-state index contributed by atoms with van der Waals surface area (Å²) in [7, 11) is 0. The van der Waals surface area contributed by atoms with Gasteiger partial charge >= 0.3 is 0 Å². The molecule has 0 saturated heterocycles. The lowest BCUT2D eigenvalue weighted by molar-refractivity contribution is 0.190. The molecule has 0 fully saturated rings. The van der Waals surface area contributed by atoms with Crippen LogP contribution in [0.5, 0.6) is 0 Å². The third-order valence-corrected chi connectivity index (χ3v) is 4.03. The molecular weight excluding hydrogens is 246 g/mol. The van der Waals surface area contributed by atoms with Crippen LogP contribution in [0.3, 0.4) is 0 Å². The van der Waals surface area contributed by atoms with Crippen LogP contribution < -0.4 is 5.73 Å². The minimum atomic E-state index is -0.135. The molecule has 0 radical (unpaired) electrons. The van der Waals surface area contributed by atoms with Gasteiger partial charge in [0.2, 0.25) is 0 Å². The van der Waals surface area contributed by atoms with Gasteiger partial charge in [0.15, 0.2) is 0 Å². The van der Waals surface area contributed by atoms with Gasteiger partial charge in [0, 0.05) is 18.4 Å². The average Bonchev–Trinajstić information content (AvgIpc) is 2.99. The fourth-order valence-electron chi connectivity index (χ4n) is 2.02. The first kappa shape index (κ1) is 13.3. The number of nitrogens with two attached hydrogens (primary N) is 1. The molecule has 0 bridgehead atoms. The highest BCUT2D eigenvalue weighted by molar-refractivity contribution is 7.13. The number of thiophene rings is 1. The van der Waals surface area contributed by atoms with Gasteiger partial charge in [0.05, 0.1) is 17.5 Å². The maximum Gasteiger partial charge on any atom is 0.150 e. The first-order valence-corrected chi connectivity index (χ1v) is 6.96. The third-order valence-electron chi connectivity index (χ3n) is 3.17. The Morgan fingerprint density at radius 1 is 1.50 bits per heavy atom. The maximum atomic E-state index is 9.61. The molecule has 2 aromatic heterocycles. The van der Waals surface area contributed by atoms with Crippen molar-refractivity contribution in [2.45, 2.75) is 25.9 Å². The summed E-state index contributed by atoms with van der Waals surface area (Å²) in [6.07, 6.45) is 3.64. The van der Waals surface area contributed by atoms with Crippen molar-refractivity contribution in [2.75, 3.05) is 6.61 Å². The molecule has 0 aliphatic heterocycles. The summed E-state index contributed by atoms with van der Waals surface area (Å²) in [5.41, 5.74) is 6.18. The predicted molar refractivity (Wildman–Crippen MR) is 74.5 cm³/mol. The van der Waals surface area contributed by atoms with Gasteiger partial charge in [0.25, 0.3) is 0 Å². The number of aliphatic hydroxyl groups excluding tert-OH is 1. The van der Waals surface area contributed by atoms with Gasteiger partial charge in [-0.25, -0.2) is 4.98 Å². The molecule has 2 unspecified atom stereocenters. The monoisotopic (exact) mass is 265 g/mol. The Hall–Kier alpha value is -1.17. The van der Waals surface area contributed by atoms with Crippen LogP contribution >= 0.6 is 11.3 Å². The van der Waals surface area contributed by atoms with Crippen molar-refractivity contribution in [2.24, 2.45) is 11.7 Å². The van der Waals surface area contributed by atoms with Crippen LogP contribution in [-0.4, -0.2) is 27.3 Å². The number of hydrogen-bond donors (Lipinski definition) is 2. The van der Waals surface area contributed by atoms with Gasteiger partial charge in [-0.15, -0.1) is 11.3 Å². The Morgan fingerprint density at radius 3 is 2.83 bits per heavy atom. The van der Waals surface area contributed by atoms with Crippen molar-refractivity contribution in [3.05, 3.63) is 29.9 Å². The number of rotatable bonds is 5. The zero-order valence-electron chi connectivity index (χ0n) is 10.7. The average molecular weight is 265 g/mol. The van der Waals surface area contributed by atoms with Crippen LogP contribution in [0, 0.1) is 5.92 Å². The van der Waals surface area contributed by atoms with E-state index in [0.29, 0.717) is 5.92 Å². The van der Waals surface area contributed by atoms with Crippen LogP contribution in [0.4, 0.5) is 0 Å². The van der Waals surface area contributed by atoms with Gasteiger partial charge < -0.3 is 15.4 Å². The molecule has 0 aromatic carbocycles. The molecule has 3 N–H and O–H groups in total. The van der Waals surface area contributed by atoms with E-state index in [1.807, 2.05) is 28.3 Å². The Kier molecular flexibility index (Phi) is 4.16. The van der Waals surface area contributed by atoms with Gasteiger partial charge in [-0.3, -0.25) is 0 Å². The van der Waals surface area contributed by atoms with Crippen molar-refractivity contribution < 1.29 is 5.11 Å². The van der Waals surface area contributed by atoms with Crippen molar-refractivity contribution in [3.63, 3.8) is 0 Å². The van der Waals surface area contributed by atoms with Gasteiger partial charge in [-0.2, -0.15) is 0 Å². The van der Waals surface area contributed by atoms with E-state index in [1.54, 1.807) is 17.5 Å². The van der Waals surface area contributed by atoms with Gasteiger partial charge in [0.1, 0.15) is 5.82 Å². The van der Waals surface area contributed by atoms with Crippen LogP contribution in [0.2, 0.25) is 0 Å². The number of nitrogens with zero attached hydrogens (tertiary/aromatic N) is 2. The van der Waals surface area contributed by atoms with E-state index in [-0.39, 0.29) is 18.7 Å². The lowest BCUT2D eigenvalue weighted by atomic mass is 9.97. The Morgan fingerprint density at radius 2 is 2.28 bits per heavy atom. The molecule has 2 heterocycles. The van der Waals surface area contributed by atoms with E-state index in [9.17, 15) is 5.11 Å². The molecule has 0 saturated carbocycles. The second-order valence-electron chi connectivity index (χ2n) is 4.71. The van der Waals surface area contributed by atoms with Crippen LogP contribution in [0.1, 0.15) is 19.9 Å². The fraction of sp³-hybridized carbons (Fsp3) is 0.462. The van der Waals surface area contributed by atoms with Crippen LogP contribution in [0.25, 0.3) is 10.7 Å². The van der Waals surface area contributed by atoms with Crippen molar-refractivity contribution in [3.8, 4) is 10.7 Å². The second kappa shape index (κ2) is 5.65. The number of aliphatic hydroxyl groups is 1. The number of hydrogen-bond acceptors (Lipinski definition) is 4. The molecule has 18 heavy (non-hydrogen) atoms. The quantitative estimate of drug-likeness (QED) is 0.870. The lowest BCUT2D eigenvalue weighted by Crippen LogP contribution is -2.38. The molecule has 98 valence electrons. The molecule has 0 amide bonds. The highest BCUT2D eigenvalue weighted by Crippen LogP contribution is 2.27. The van der Waals surface area contributed by atoms with Gasteiger partial charge in [-0.1, -0.05) is 19.9 Å². The van der Waals surface area contributed by atoms with E-state index in [2.05, 4.69) is 18.8 Å². The van der Waals surface area contributed by atoms with Crippen LogP contribution in [0.15, 0.2) is 29.9 Å². The molecule has 2 rings (SSSR count). The Bertz CT molecular complexity index is 478. The number of imidazole rings is 1. The summed E-state index contributed by atoms with van der Waals surface area (Å²) in [4.78, 5) is 5.47. The van der Waals surface area contributed by atoms with Crippen molar-refractivity contribution >= 4 is 11.3 Å². The summed E-state index contributed by atoms with van der Waals surface area (Å²) < 4.78 is 1.98. The molecule has 5 heteroatoms. The molecule has 0 spiro atoms. The predicted octanol–water partition coefficient (Wildman–Crippen LogP) is 2.13. The van der Waals surface area contributed by atoms with Gasteiger partial charge in [-0.05, 0) is 17.4 Å². The van der Waals surface area contributed by atoms with E-state index in [4.69, 9.17) is 5.73 Å². The number of aromatic nitrogens is 2. The SMILES string of the molecule is CC(C)C(N)C(CO)n1ccnc1-c1cccs1. The van der Waals surface area contributed by atoms with E-state index in [1.165, 1.54) is 0 Å². The first-order chi connectivity index (χ1) is 8.65. The fourth-order valence-corrected chi connectivity index (χ4v) is 2.74. The lowest BCUT2D eigenvalue weighted by Gasteiger charge is -2.27. The molecular formula is C13H19N3OS. The Balaban J connectivity index is 2.35. The standard InChI is InChI=1S/C13H19N3OS/c1-9(2)12(14)10(8-17)16-6-5-15-13(16)11-4-3-7-18-11/h3-7,9-10,12,17H,8,14H2,1-2H3. The van der Waals surface area contributed by atoms with E-state index in [0.717, 1.165) is 10.7 Å². The summed E-state index contributed by atoms with van der Waals surface area (Å²) >= 11 is 1.64. The first-order valence-electron chi connectivity index (χ1n) is 6.08. The van der Waals surface area contributed by atoms with E-state index < -0.39 is 0 Å². The largest absolute Gasteiger partial charge is 0.394 e. The third kappa shape index (κ3) is 2.48. The summed E-state index contributed by atoms with van der Waals surface area (Å²) in [6, 6.07) is 3.79. The second-order valence-corrected chi connectivity index (χ2v) is 5.65. The normalized spacial score (nSPS) is 14.9. The summed E-state index contributed by atoms with van der Waals surface area (Å²) in [6.45, 7) is 4.15. The zero-order valence-corrected chi connectivity index (χ0v) is 11.5. The topological polar surface area (TPSA) is 64.1 Å². The molecule has 4 nitrogen and oxygen atoms in total. The summed E-state index contributed by atoms with van der Waals surface area (Å²) in [5, 5.41) is 11.6. The maximum absolute atomic E-state index is 9.61. The minimum Gasteiger partial charge on any atom is -0.394 e. The summed E-state index contributed by atoms with van der Waals surface area (Å²) in [5.74, 6) is 1.18. The zero-order chi connectivity index (χ0) is 13.1. The molecule has 2 atom stereocenters. The molecule has 0 aliphatic carbocycles. The Labute approximate surface area is 111 Å². The molecule has 2 aromatic rings. The highest BCUT2D eigenvalue weighted by Gasteiger charge is 2.24. The van der Waals surface area contributed by atoms with Crippen molar-refractivity contribution in [1.29, 1.82) is 0 Å².